The third-order valence-corrected chi connectivity index (χ3v) is 11.6. The largest absolute Gasteiger partial charge is 0.489 e. The fourth-order valence-corrected chi connectivity index (χ4v) is 9.46. The summed E-state index contributed by atoms with van der Waals surface area (Å²) in [4.78, 5) is 13.5. The molecule has 0 aliphatic carbocycles. The minimum absolute atomic E-state index is 0.0221. The lowest BCUT2D eigenvalue weighted by atomic mass is 9.93. The van der Waals surface area contributed by atoms with Gasteiger partial charge in [-0.2, -0.15) is 20.5 Å². The molecular weight excluding hydrogens is 651 g/mol. The molecule has 14 heteroatoms. The van der Waals surface area contributed by atoms with E-state index in [4.69, 9.17) is 31.8 Å². The molecule has 0 saturated carbocycles. The van der Waals surface area contributed by atoms with Crippen molar-refractivity contribution in [2.24, 2.45) is 0 Å². The van der Waals surface area contributed by atoms with Crippen LogP contribution in [0.1, 0.15) is 50.5 Å². The third kappa shape index (κ3) is 4.58. The predicted octanol–water partition coefficient (Wildman–Crippen LogP) is 6.89. The average molecular weight is 680 g/mol. The van der Waals surface area contributed by atoms with E-state index in [0.29, 0.717) is 18.8 Å². The second kappa shape index (κ2) is 11.3. The van der Waals surface area contributed by atoms with Crippen molar-refractivity contribution >= 4 is 54.7 Å². The van der Waals surface area contributed by atoms with Crippen molar-refractivity contribution in [1.82, 2.24) is 14.9 Å². The van der Waals surface area contributed by atoms with Crippen molar-refractivity contribution in [3.05, 3.63) is 34.4 Å². The summed E-state index contributed by atoms with van der Waals surface area (Å²) < 4.78 is 59.4. The van der Waals surface area contributed by atoms with Gasteiger partial charge >= 0.3 is 6.01 Å². The molecule has 0 spiro atoms. The molecule has 3 fully saturated rings. The molecule has 3 saturated heterocycles. The number of thiophene rings is 1. The summed E-state index contributed by atoms with van der Waals surface area (Å²) in [7, 11) is 0. The van der Waals surface area contributed by atoms with Crippen LogP contribution in [-0.4, -0.2) is 65.0 Å². The van der Waals surface area contributed by atoms with Crippen LogP contribution in [0, 0.1) is 34.3 Å². The number of aromatic nitrogens is 2. The zero-order valence-corrected chi connectivity index (χ0v) is 26.7. The van der Waals surface area contributed by atoms with E-state index in [9.17, 15) is 19.3 Å². The summed E-state index contributed by atoms with van der Waals surface area (Å²) >= 11 is 7.94. The molecule has 3 unspecified atom stereocenters. The van der Waals surface area contributed by atoms with Gasteiger partial charge < -0.3 is 20.1 Å². The van der Waals surface area contributed by atoms with E-state index in [0.717, 1.165) is 50.0 Å². The van der Waals surface area contributed by atoms with E-state index in [1.807, 2.05) is 11.0 Å². The average Bonchev–Trinajstić information content (AvgIpc) is 3.66. The maximum atomic E-state index is 17.2. The first-order chi connectivity index (χ1) is 22.7. The standard InChI is InChI=1S/C33H29ClF3N7O2S/c34-25-23(19-5-6-21(36)29-22(19)20(12-39)30(40)47-29)26(37)27-24-28(25)45-14-18-4-1-3-17(7-9-38)44(18)31(24)42-32(41-27)46-15-33-8-2-10-43(33)13-16(35)11-33/h5-6,16-18H,1-4,7-8,10-11,13-15,40H2/t16-,17?,18?,33?/m1/s1. The van der Waals surface area contributed by atoms with Crippen molar-refractivity contribution in [3.63, 3.8) is 0 Å². The second-order valence-corrected chi connectivity index (χ2v) is 14.3. The fraction of sp³-hybridized carbons (Fsp3) is 0.455. The molecule has 4 atom stereocenters. The summed E-state index contributed by atoms with van der Waals surface area (Å²) in [6.07, 6.45) is 3.64. The number of nitriles is 2. The Morgan fingerprint density at radius 3 is 2.85 bits per heavy atom. The Morgan fingerprint density at radius 2 is 2.04 bits per heavy atom. The van der Waals surface area contributed by atoms with Gasteiger partial charge in [0.05, 0.1) is 44.7 Å². The van der Waals surface area contributed by atoms with Gasteiger partial charge in [-0.05, 0) is 50.3 Å². The first kappa shape index (κ1) is 30.3. The van der Waals surface area contributed by atoms with Crippen LogP contribution >= 0.6 is 22.9 Å². The number of nitrogens with two attached hydrogens (primary N) is 1. The number of halogens is 4. The van der Waals surface area contributed by atoms with Gasteiger partial charge in [-0.1, -0.05) is 17.7 Å². The van der Waals surface area contributed by atoms with Gasteiger partial charge in [0.2, 0.25) is 0 Å². The van der Waals surface area contributed by atoms with Gasteiger partial charge in [-0.25, -0.2) is 13.2 Å². The molecule has 2 N–H and O–H groups in total. The molecule has 4 aliphatic heterocycles. The lowest BCUT2D eigenvalue weighted by molar-refractivity contribution is 0.107. The van der Waals surface area contributed by atoms with Crippen LogP contribution in [0.15, 0.2) is 12.1 Å². The maximum absolute atomic E-state index is 17.2. The van der Waals surface area contributed by atoms with E-state index in [1.165, 1.54) is 12.1 Å². The monoisotopic (exact) mass is 679 g/mol. The Hall–Kier alpha value is -4.04. The number of nitrogens with zero attached hydrogens (tertiary/aromatic N) is 6. The third-order valence-electron chi connectivity index (χ3n) is 10.2. The topological polar surface area (TPSA) is 124 Å². The highest BCUT2D eigenvalue weighted by Crippen LogP contribution is 2.52. The van der Waals surface area contributed by atoms with Gasteiger partial charge in [0, 0.05) is 30.0 Å². The molecule has 6 heterocycles. The molecule has 2 aromatic heterocycles. The molecule has 9 nitrogen and oxygen atoms in total. The molecule has 8 rings (SSSR count). The summed E-state index contributed by atoms with van der Waals surface area (Å²) in [5.41, 5.74) is 5.55. The van der Waals surface area contributed by atoms with E-state index in [2.05, 4.69) is 16.0 Å². The number of rotatable bonds is 5. The van der Waals surface area contributed by atoms with Crippen molar-refractivity contribution in [3.8, 4) is 35.0 Å². The van der Waals surface area contributed by atoms with E-state index in [1.54, 1.807) is 0 Å². The summed E-state index contributed by atoms with van der Waals surface area (Å²) in [5.74, 6) is -0.921. The van der Waals surface area contributed by atoms with Gasteiger partial charge in [-0.3, -0.25) is 4.90 Å². The number of benzene rings is 2. The number of piperidine rings is 1. The van der Waals surface area contributed by atoms with Crippen LogP contribution in [0.3, 0.4) is 0 Å². The summed E-state index contributed by atoms with van der Waals surface area (Å²) in [6.45, 7) is 1.45. The van der Waals surface area contributed by atoms with Crippen molar-refractivity contribution in [1.29, 1.82) is 10.5 Å². The molecule has 4 aliphatic rings. The van der Waals surface area contributed by atoms with Crippen LogP contribution in [-0.2, 0) is 0 Å². The molecule has 0 amide bonds. The van der Waals surface area contributed by atoms with Crippen LogP contribution < -0.4 is 20.1 Å². The number of anilines is 2. The maximum Gasteiger partial charge on any atom is 0.319 e. The first-order valence-corrected chi connectivity index (χ1v) is 16.9. The Morgan fingerprint density at radius 1 is 1.19 bits per heavy atom. The van der Waals surface area contributed by atoms with Crippen LogP contribution in [0.2, 0.25) is 5.02 Å². The van der Waals surface area contributed by atoms with Gasteiger partial charge in [-0.15, -0.1) is 11.3 Å². The normalized spacial score (nSPS) is 25.2. The lowest BCUT2D eigenvalue weighted by Crippen LogP contribution is -2.49. The number of hydrogen-bond donors (Lipinski definition) is 1. The highest BCUT2D eigenvalue weighted by atomic mass is 35.5. The Labute approximate surface area is 277 Å². The summed E-state index contributed by atoms with van der Waals surface area (Å²) in [6, 6.07) is 6.38. The van der Waals surface area contributed by atoms with Crippen LogP contribution in [0.5, 0.6) is 11.8 Å². The Balaban J connectivity index is 1.36. The highest BCUT2D eigenvalue weighted by molar-refractivity contribution is 7.23. The van der Waals surface area contributed by atoms with Crippen LogP contribution in [0.4, 0.5) is 24.0 Å². The minimum atomic E-state index is -0.958. The Kier molecular flexibility index (Phi) is 7.28. The zero-order chi connectivity index (χ0) is 32.6. The molecule has 242 valence electrons. The molecule has 47 heavy (non-hydrogen) atoms. The Bertz CT molecular complexity index is 2050. The summed E-state index contributed by atoms with van der Waals surface area (Å²) in [5, 5.41) is 20.0. The number of fused-ring (bicyclic) bond motifs is 4. The molecular formula is C33H29ClF3N7O2S. The predicted molar refractivity (Wildman–Crippen MR) is 173 cm³/mol. The quantitative estimate of drug-likeness (QED) is 0.240. The number of hydrogen-bond acceptors (Lipinski definition) is 10. The highest BCUT2D eigenvalue weighted by Gasteiger charge is 2.49. The van der Waals surface area contributed by atoms with Crippen LogP contribution in [0.25, 0.3) is 32.1 Å². The fourth-order valence-electron chi connectivity index (χ4n) is 8.17. The second-order valence-electron chi connectivity index (χ2n) is 12.8. The van der Waals surface area contributed by atoms with Crippen molar-refractivity contribution < 1.29 is 22.6 Å². The SMILES string of the molecule is N#CCC1CCCC2COc3c(Cl)c(-c4ccc(F)c5sc(N)c(C#N)c45)c(F)c4nc(OCC56CCCN5C[C@H](F)C6)nc(c34)N12. The van der Waals surface area contributed by atoms with E-state index >= 15 is 4.39 Å². The smallest absolute Gasteiger partial charge is 0.319 e. The van der Waals surface area contributed by atoms with Gasteiger partial charge in [0.25, 0.3) is 0 Å². The van der Waals surface area contributed by atoms with E-state index in [-0.39, 0.29) is 91.2 Å². The lowest BCUT2D eigenvalue weighted by Gasteiger charge is -2.41. The van der Waals surface area contributed by atoms with Crippen molar-refractivity contribution in [2.45, 2.75) is 68.7 Å². The number of nitrogen functional groups attached to an aromatic ring is 1. The molecule has 0 radical (unpaired) electrons. The zero-order valence-electron chi connectivity index (χ0n) is 25.2. The number of ether oxygens (including phenoxy) is 2. The molecule has 0 bridgehead atoms. The first-order valence-electron chi connectivity index (χ1n) is 15.7. The van der Waals surface area contributed by atoms with E-state index < -0.39 is 23.3 Å². The minimum Gasteiger partial charge on any atom is -0.489 e. The molecule has 2 aromatic carbocycles. The van der Waals surface area contributed by atoms with Gasteiger partial charge in [0.1, 0.15) is 47.6 Å². The van der Waals surface area contributed by atoms with Crippen molar-refractivity contribution in [2.75, 3.05) is 36.9 Å². The number of alkyl halides is 1. The molecule has 4 aromatic rings. The van der Waals surface area contributed by atoms with Gasteiger partial charge in [0.15, 0.2) is 11.6 Å².